The van der Waals surface area contributed by atoms with Gasteiger partial charge < -0.3 is 14.9 Å². The van der Waals surface area contributed by atoms with Crippen LogP contribution in [0.3, 0.4) is 0 Å². The van der Waals surface area contributed by atoms with E-state index >= 15 is 0 Å². The average Bonchev–Trinajstić information content (AvgIpc) is 2.47. The molecule has 2 N–H and O–H groups in total. The third kappa shape index (κ3) is 5.76. The first kappa shape index (κ1) is 8.88. The molecule has 56 valence electrons. The van der Waals surface area contributed by atoms with Gasteiger partial charge in [-0.25, -0.2) is 0 Å². The van der Waals surface area contributed by atoms with Crippen LogP contribution in [-0.4, -0.2) is 35.6 Å². The van der Waals surface area contributed by atoms with E-state index in [9.17, 15) is 0 Å². The molecule has 0 aromatic rings. The first-order valence-corrected chi connectivity index (χ1v) is 3.09. The highest BCUT2D eigenvalue weighted by Gasteiger charge is 2.27. The summed E-state index contributed by atoms with van der Waals surface area (Å²) < 4.78 is 4.92. The van der Waals surface area contributed by atoms with E-state index in [1.54, 1.807) is 0 Å². The molecule has 1 fully saturated rings. The van der Waals surface area contributed by atoms with Crippen LogP contribution in [0.1, 0.15) is 13.8 Å². The molecule has 0 radical (unpaired) electrons. The first-order valence-electron chi connectivity index (χ1n) is 3.09. The Hall–Kier alpha value is -0.120. The van der Waals surface area contributed by atoms with Gasteiger partial charge in [0.1, 0.15) is 0 Å². The summed E-state index contributed by atoms with van der Waals surface area (Å²) in [6, 6.07) is 0. The molecule has 0 aromatic carbocycles. The molecule has 1 rings (SSSR count). The second-order valence-corrected chi connectivity index (χ2v) is 1.99. The van der Waals surface area contributed by atoms with Crippen LogP contribution in [0, 0.1) is 0 Å². The number of hydrogen-bond acceptors (Lipinski definition) is 3. The van der Waals surface area contributed by atoms with Crippen LogP contribution in [0.25, 0.3) is 0 Å². The summed E-state index contributed by atoms with van der Waals surface area (Å²) >= 11 is 0. The number of aliphatic hydroxyl groups is 2. The highest BCUT2D eigenvalue weighted by atomic mass is 16.6. The fourth-order valence-corrected chi connectivity index (χ4v) is 0.293. The molecule has 1 aliphatic rings. The molecule has 2 unspecified atom stereocenters. The second-order valence-electron chi connectivity index (χ2n) is 1.99. The number of rotatable bonds is 1. The summed E-state index contributed by atoms with van der Waals surface area (Å²) in [4.78, 5) is 0. The van der Waals surface area contributed by atoms with Crippen molar-refractivity contribution in [1.82, 2.24) is 0 Å². The summed E-state index contributed by atoms with van der Waals surface area (Å²) in [7, 11) is 0. The monoisotopic (exact) mass is 134 g/mol. The maximum Gasteiger partial charge on any atom is 0.0811 e. The Morgan fingerprint density at radius 1 is 1.11 bits per heavy atom. The number of hydrogen-bond donors (Lipinski definition) is 2. The van der Waals surface area contributed by atoms with Gasteiger partial charge >= 0.3 is 0 Å². The Bertz CT molecular complexity index is 57.3. The molecule has 3 nitrogen and oxygen atoms in total. The lowest BCUT2D eigenvalue weighted by molar-refractivity contribution is 0.186. The lowest BCUT2D eigenvalue weighted by atomic mass is 10.4. The minimum absolute atomic E-state index is 0.125. The minimum Gasteiger partial charge on any atom is -0.394 e. The van der Waals surface area contributed by atoms with E-state index in [0.717, 1.165) is 0 Å². The molecule has 9 heavy (non-hydrogen) atoms. The topological polar surface area (TPSA) is 53.0 Å². The van der Waals surface area contributed by atoms with Crippen molar-refractivity contribution in [2.24, 2.45) is 0 Å². The summed E-state index contributed by atoms with van der Waals surface area (Å²) in [5, 5.41) is 15.2. The molecule has 0 saturated carbocycles. The Morgan fingerprint density at radius 2 is 1.33 bits per heavy atom. The maximum absolute atomic E-state index is 7.62. The standard InChI is InChI=1S/C4H8O.C2H6O2/c1-3-4(2)5-3;3-1-2-4/h3-4H,1-2H3;3-4H,1-2H2. The van der Waals surface area contributed by atoms with Crippen molar-refractivity contribution in [1.29, 1.82) is 0 Å². The van der Waals surface area contributed by atoms with E-state index in [-0.39, 0.29) is 13.2 Å². The Morgan fingerprint density at radius 3 is 1.33 bits per heavy atom. The zero-order valence-electron chi connectivity index (χ0n) is 5.87. The molecule has 0 aliphatic carbocycles. The minimum atomic E-state index is -0.125. The van der Waals surface area contributed by atoms with E-state index in [1.165, 1.54) is 0 Å². The van der Waals surface area contributed by atoms with E-state index in [0.29, 0.717) is 12.2 Å². The van der Waals surface area contributed by atoms with E-state index in [4.69, 9.17) is 14.9 Å². The maximum atomic E-state index is 7.62. The third-order valence-electron chi connectivity index (χ3n) is 1.11. The van der Waals surface area contributed by atoms with Crippen molar-refractivity contribution in [3.8, 4) is 0 Å². The number of ether oxygens (including phenoxy) is 1. The van der Waals surface area contributed by atoms with Gasteiger partial charge in [0.05, 0.1) is 25.4 Å². The van der Waals surface area contributed by atoms with Crippen molar-refractivity contribution in [2.45, 2.75) is 26.1 Å². The third-order valence-corrected chi connectivity index (χ3v) is 1.11. The molecule has 0 aromatic heterocycles. The predicted molar refractivity (Wildman–Crippen MR) is 34.2 cm³/mol. The molecule has 2 atom stereocenters. The normalized spacial score (nSPS) is 30.7. The van der Waals surface area contributed by atoms with E-state index in [1.807, 2.05) is 0 Å². The van der Waals surface area contributed by atoms with Crippen LogP contribution in [0.2, 0.25) is 0 Å². The van der Waals surface area contributed by atoms with Gasteiger partial charge in [0.2, 0.25) is 0 Å². The largest absolute Gasteiger partial charge is 0.394 e. The average molecular weight is 134 g/mol. The lowest BCUT2D eigenvalue weighted by Gasteiger charge is -1.70. The van der Waals surface area contributed by atoms with Gasteiger partial charge in [-0.15, -0.1) is 0 Å². The van der Waals surface area contributed by atoms with Gasteiger partial charge in [-0.05, 0) is 13.8 Å². The number of aliphatic hydroxyl groups excluding tert-OH is 2. The lowest BCUT2D eigenvalue weighted by Crippen LogP contribution is -1.85. The molecule has 1 aliphatic heterocycles. The fraction of sp³-hybridized carbons (Fsp3) is 1.00. The summed E-state index contributed by atoms with van der Waals surface area (Å²) in [5.74, 6) is 0. The highest BCUT2D eigenvalue weighted by Crippen LogP contribution is 2.18. The molecule has 0 spiro atoms. The van der Waals surface area contributed by atoms with Gasteiger partial charge in [-0.3, -0.25) is 0 Å². The molecule has 1 saturated heterocycles. The Labute approximate surface area is 55.3 Å². The van der Waals surface area contributed by atoms with Gasteiger partial charge in [-0.2, -0.15) is 0 Å². The van der Waals surface area contributed by atoms with Gasteiger partial charge in [0.15, 0.2) is 0 Å². The molecular weight excluding hydrogens is 120 g/mol. The molecule has 0 amide bonds. The van der Waals surface area contributed by atoms with E-state index in [2.05, 4.69) is 13.8 Å². The van der Waals surface area contributed by atoms with Crippen LogP contribution >= 0.6 is 0 Å². The van der Waals surface area contributed by atoms with Crippen molar-refractivity contribution >= 4 is 0 Å². The Kier molecular flexibility index (Phi) is 4.67. The van der Waals surface area contributed by atoms with Gasteiger partial charge in [0.25, 0.3) is 0 Å². The van der Waals surface area contributed by atoms with Crippen LogP contribution in [0.5, 0.6) is 0 Å². The van der Waals surface area contributed by atoms with Crippen LogP contribution in [0.4, 0.5) is 0 Å². The van der Waals surface area contributed by atoms with Crippen molar-refractivity contribution in [2.75, 3.05) is 13.2 Å². The molecule has 1 heterocycles. The van der Waals surface area contributed by atoms with Crippen LogP contribution in [0.15, 0.2) is 0 Å². The smallest absolute Gasteiger partial charge is 0.0811 e. The second kappa shape index (κ2) is 4.73. The summed E-state index contributed by atoms with van der Waals surface area (Å²) in [5.41, 5.74) is 0. The zero-order chi connectivity index (χ0) is 7.28. The van der Waals surface area contributed by atoms with Crippen molar-refractivity contribution in [3.05, 3.63) is 0 Å². The highest BCUT2D eigenvalue weighted by molar-refractivity contribution is 4.73. The number of epoxide rings is 1. The SMILES string of the molecule is CC1OC1C.OCCO. The van der Waals surface area contributed by atoms with E-state index < -0.39 is 0 Å². The first-order chi connectivity index (χ1) is 4.22. The zero-order valence-corrected chi connectivity index (χ0v) is 5.87. The summed E-state index contributed by atoms with van der Waals surface area (Å²) in [6.45, 7) is 3.90. The van der Waals surface area contributed by atoms with Crippen molar-refractivity contribution < 1.29 is 14.9 Å². The van der Waals surface area contributed by atoms with Gasteiger partial charge in [0, 0.05) is 0 Å². The summed E-state index contributed by atoms with van der Waals surface area (Å²) in [6.07, 6.45) is 1.10. The Balaban J connectivity index is 0.000000148. The molecule has 0 bridgehead atoms. The quantitative estimate of drug-likeness (QED) is 0.487. The van der Waals surface area contributed by atoms with Crippen LogP contribution in [-0.2, 0) is 4.74 Å². The fourth-order valence-electron chi connectivity index (χ4n) is 0.293. The van der Waals surface area contributed by atoms with Crippen LogP contribution < -0.4 is 0 Å². The molecular formula is C6H14O3. The van der Waals surface area contributed by atoms with Crippen molar-refractivity contribution in [3.63, 3.8) is 0 Å². The van der Waals surface area contributed by atoms with Gasteiger partial charge in [-0.1, -0.05) is 0 Å². The predicted octanol–water partition coefficient (Wildman–Crippen LogP) is -0.235. The molecule has 3 heteroatoms.